The molecule has 0 atom stereocenters. The summed E-state index contributed by atoms with van der Waals surface area (Å²) < 4.78 is 13.1. The van der Waals surface area contributed by atoms with E-state index in [9.17, 15) is 4.39 Å². The Morgan fingerprint density at radius 1 is 1.38 bits per heavy atom. The maximum atomic E-state index is 13.1. The molecule has 0 fully saturated rings. The molecule has 72 valence electrons. The van der Waals surface area contributed by atoms with Crippen molar-refractivity contribution in [1.82, 2.24) is 5.32 Å². The first-order valence-corrected chi connectivity index (χ1v) is 5.67. The van der Waals surface area contributed by atoms with Gasteiger partial charge in [-0.05, 0) is 12.3 Å². The molecule has 0 heterocycles. The van der Waals surface area contributed by atoms with Crippen molar-refractivity contribution in [2.45, 2.75) is 6.54 Å². The monoisotopic (exact) mass is 199 g/mol. The lowest BCUT2D eigenvalue weighted by Crippen LogP contribution is -2.17. The number of hydrogen-bond donors (Lipinski definition) is 1. The van der Waals surface area contributed by atoms with Crippen molar-refractivity contribution < 1.29 is 4.39 Å². The molecule has 0 amide bonds. The lowest BCUT2D eigenvalue weighted by molar-refractivity contribution is 0.594. The Bertz CT molecular complexity index is 252. The molecule has 1 N–H and O–H groups in total. The summed E-state index contributed by atoms with van der Waals surface area (Å²) in [4.78, 5) is 0. The molecule has 0 aliphatic rings. The van der Waals surface area contributed by atoms with Crippen molar-refractivity contribution >= 4 is 11.8 Å². The van der Waals surface area contributed by atoms with Gasteiger partial charge < -0.3 is 5.32 Å². The smallest absolute Gasteiger partial charge is 0.127 e. The van der Waals surface area contributed by atoms with Crippen LogP contribution >= 0.6 is 11.8 Å². The molecular formula is C10H14FNS. The average molecular weight is 199 g/mol. The van der Waals surface area contributed by atoms with Crippen LogP contribution in [0.5, 0.6) is 0 Å². The minimum atomic E-state index is -0.126. The largest absolute Gasteiger partial charge is 0.312 e. The number of benzene rings is 1. The number of halogens is 1. The Kier molecular flexibility index (Phi) is 4.86. The van der Waals surface area contributed by atoms with Crippen molar-refractivity contribution in [2.75, 3.05) is 18.6 Å². The van der Waals surface area contributed by atoms with E-state index in [1.165, 1.54) is 6.07 Å². The summed E-state index contributed by atoms with van der Waals surface area (Å²) in [5.41, 5.74) is 0.739. The van der Waals surface area contributed by atoms with Gasteiger partial charge in [-0.2, -0.15) is 11.8 Å². The third-order valence-electron chi connectivity index (χ3n) is 1.76. The van der Waals surface area contributed by atoms with Crippen LogP contribution in [0.2, 0.25) is 0 Å². The second-order valence-corrected chi connectivity index (χ2v) is 3.75. The lowest BCUT2D eigenvalue weighted by Gasteiger charge is -2.04. The van der Waals surface area contributed by atoms with Gasteiger partial charge in [-0.15, -0.1) is 0 Å². The second-order valence-electron chi connectivity index (χ2n) is 2.76. The molecule has 0 radical (unpaired) electrons. The Morgan fingerprint density at radius 2 is 2.15 bits per heavy atom. The third kappa shape index (κ3) is 3.79. The van der Waals surface area contributed by atoms with E-state index in [-0.39, 0.29) is 5.82 Å². The highest BCUT2D eigenvalue weighted by Gasteiger charge is 1.98. The molecule has 0 aliphatic heterocycles. The summed E-state index contributed by atoms with van der Waals surface area (Å²) in [6.45, 7) is 1.54. The van der Waals surface area contributed by atoms with E-state index in [0.29, 0.717) is 6.54 Å². The number of thioether (sulfide) groups is 1. The number of hydrogen-bond acceptors (Lipinski definition) is 2. The van der Waals surface area contributed by atoms with Gasteiger partial charge in [0.1, 0.15) is 5.82 Å². The van der Waals surface area contributed by atoms with Crippen molar-refractivity contribution in [3.8, 4) is 0 Å². The van der Waals surface area contributed by atoms with Gasteiger partial charge in [-0.3, -0.25) is 0 Å². The normalized spacial score (nSPS) is 10.3. The zero-order valence-electron chi connectivity index (χ0n) is 7.72. The van der Waals surface area contributed by atoms with Crippen LogP contribution in [0, 0.1) is 5.82 Å². The summed E-state index contributed by atoms with van der Waals surface area (Å²) in [6.07, 6.45) is 2.06. The predicted octanol–water partition coefficient (Wildman–Crippen LogP) is 2.28. The van der Waals surface area contributed by atoms with Crippen molar-refractivity contribution in [2.24, 2.45) is 0 Å². The average Bonchev–Trinajstić information content (AvgIpc) is 2.15. The Labute approximate surface area is 82.7 Å². The minimum Gasteiger partial charge on any atom is -0.312 e. The highest BCUT2D eigenvalue weighted by Crippen LogP contribution is 2.05. The van der Waals surface area contributed by atoms with Gasteiger partial charge in [0.15, 0.2) is 0 Å². The van der Waals surface area contributed by atoms with Crippen molar-refractivity contribution in [3.63, 3.8) is 0 Å². The van der Waals surface area contributed by atoms with E-state index in [2.05, 4.69) is 11.6 Å². The van der Waals surface area contributed by atoms with Crippen LogP contribution in [0.25, 0.3) is 0 Å². The molecule has 0 aliphatic carbocycles. The fourth-order valence-electron chi connectivity index (χ4n) is 1.04. The van der Waals surface area contributed by atoms with E-state index < -0.39 is 0 Å². The van der Waals surface area contributed by atoms with Crippen LogP contribution in [0.3, 0.4) is 0 Å². The maximum absolute atomic E-state index is 13.1. The molecule has 1 rings (SSSR count). The van der Waals surface area contributed by atoms with Crippen LogP contribution in [-0.2, 0) is 6.54 Å². The first kappa shape index (κ1) is 10.5. The van der Waals surface area contributed by atoms with E-state index in [1.807, 2.05) is 6.07 Å². The molecule has 0 saturated carbocycles. The molecule has 0 aromatic heterocycles. The fourth-order valence-corrected chi connectivity index (χ4v) is 1.39. The highest BCUT2D eigenvalue weighted by atomic mass is 32.2. The van der Waals surface area contributed by atoms with Gasteiger partial charge in [0.25, 0.3) is 0 Å². The molecule has 1 nitrogen and oxygen atoms in total. The van der Waals surface area contributed by atoms with Gasteiger partial charge in [0.2, 0.25) is 0 Å². The van der Waals surface area contributed by atoms with E-state index in [1.54, 1.807) is 23.9 Å². The zero-order chi connectivity index (χ0) is 9.52. The van der Waals surface area contributed by atoms with E-state index in [4.69, 9.17) is 0 Å². The van der Waals surface area contributed by atoms with Crippen LogP contribution < -0.4 is 5.32 Å². The first-order chi connectivity index (χ1) is 6.34. The van der Waals surface area contributed by atoms with E-state index >= 15 is 0 Å². The zero-order valence-corrected chi connectivity index (χ0v) is 8.53. The fraction of sp³-hybridized carbons (Fsp3) is 0.400. The summed E-state index contributed by atoms with van der Waals surface area (Å²) >= 11 is 1.78. The van der Waals surface area contributed by atoms with Gasteiger partial charge in [-0.25, -0.2) is 4.39 Å². The number of rotatable bonds is 5. The van der Waals surface area contributed by atoms with Crippen LogP contribution in [0.4, 0.5) is 4.39 Å². The van der Waals surface area contributed by atoms with Crippen LogP contribution in [0.15, 0.2) is 24.3 Å². The van der Waals surface area contributed by atoms with Crippen LogP contribution in [0.1, 0.15) is 5.56 Å². The SMILES string of the molecule is CSCCNCc1ccccc1F. The summed E-state index contributed by atoms with van der Waals surface area (Å²) in [5, 5.41) is 3.18. The lowest BCUT2D eigenvalue weighted by atomic mass is 10.2. The Balaban J connectivity index is 2.32. The highest BCUT2D eigenvalue weighted by molar-refractivity contribution is 7.98. The van der Waals surface area contributed by atoms with Crippen molar-refractivity contribution in [1.29, 1.82) is 0 Å². The van der Waals surface area contributed by atoms with Gasteiger partial charge in [0.05, 0.1) is 0 Å². The summed E-state index contributed by atoms with van der Waals surface area (Å²) in [5.74, 6) is 0.938. The topological polar surface area (TPSA) is 12.0 Å². The maximum Gasteiger partial charge on any atom is 0.127 e. The van der Waals surface area contributed by atoms with E-state index in [0.717, 1.165) is 17.9 Å². The molecule has 0 bridgehead atoms. The molecule has 1 aromatic rings. The quantitative estimate of drug-likeness (QED) is 0.730. The third-order valence-corrected chi connectivity index (χ3v) is 2.37. The van der Waals surface area contributed by atoms with Gasteiger partial charge in [0, 0.05) is 24.4 Å². The first-order valence-electron chi connectivity index (χ1n) is 4.27. The molecular weight excluding hydrogens is 185 g/mol. The van der Waals surface area contributed by atoms with Crippen LogP contribution in [-0.4, -0.2) is 18.6 Å². The van der Waals surface area contributed by atoms with Crippen molar-refractivity contribution in [3.05, 3.63) is 35.6 Å². The predicted molar refractivity (Wildman–Crippen MR) is 56.5 cm³/mol. The Hall–Kier alpha value is -0.540. The standard InChI is InChI=1S/C10H14FNS/c1-13-7-6-12-8-9-4-2-3-5-10(9)11/h2-5,12H,6-8H2,1H3. The molecule has 0 spiro atoms. The Morgan fingerprint density at radius 3 is 2.85 bits per heavy atom. The molecule has 1 aromatic carbocycles. The molecule has 13 heavy (non-hydrogen) atoms. The molecule has 0 unspecified atom stereocenters. The van der Waals surface area contributed by atoms with Gasteiger partial charge in [-0.1, -0.05) is 18.2 Å². The summed E-state index contributed by atoms with van der Waals surface area (Å²) in [7, 11) is 0. The number of nitrogens with one attached hydrogen (secondary N) is 1. The minimum absolute atomic E-state index is 0.126. The molecule has 3 heteroatoms. The summed E-state index contributed by atoms with van der Waals surface area (Å²) in [6, 6.07) is 6.86. The second kappa shape index (κ2) is 6.00. The molecule has 0 saturated heterocycles. The van der Waals surface area contributed by atoms with Gasteiger partial charge >= 0.3 is 0 Å².